The third-order valence-corrected chi connectivity index (χ3v) is 5.28. The Labute approximate surface area is 118 Å². The Morgan fingerprint density at radius 2 is 2.37 bits per heavy atom. The first-order valence-electron chi connectivity index (χ1n) is 6.23. The van der Waals surface area contributed by atoms with Gasteiger partial charge in [-0.15, -0.1) is 11.6 Å². The first kappa shape index (κ1) is 14.8. The fourth-order valence-electron chi connectivity index (χ4n) is 2.03. The van der Waals surface area contributed by atoms with Crippen molar-refractivity contribution in [3.05, 3.63) is 12.4 Å². The van der Waals surface area contributed by atoms with Crippen LogP contribution in [0.3, 0.4) is 0 Å². The van der Waals surface area contributed by atoms with Gasteiger partial charge in [-0.05, 0) is 13.3 Å². The third kappa shape index (κ3) is 3.28. The maximum absolute atomic E-state index is 12.5. The normalized spacial score (nSPS) is 21.7. The molecule has 19 heavy (non-hydrogen) atoms. The summed E-state index contributed by atoms with van der Waals surface area (Å²) in [6.07, 6.45) is 3.71. The zero-order valence-electron chi connectivity index (χ0n) is 10.8. The highest BCUT2D eigenvalue weighted by Crippen LogP contribution is 2.19. The van der Waals surface area contributed by atoms with Gasteiger partial charge in [0.05, 0.1) is 19.4 Å². The SMILES string of the molecule is CC1COCCN1S(=O)(=O)c1cnn(CCCCl)c1. The highest BCUT2D eigenvalue weighted by Gasteiger charge is 2.32. The lowest BCUT2D eigenvalue weighted by Gasteiger charge is -2.31. The van der Waals surface area contributed by atoms with Gasteiger partial charge in [0.2, 0.25) is 10.0 Å². The number of halogens is 1. The predicted octanol–water partition coefficient (Wildman–Crippen LogP) is 0.921. The molecule has 108 valence electrons. The Morgan fingerprint density at radius 1 is 1.58 bits per heavy atom. The maximum Gasteiger partial charge on any atom is 0.246 e. The molecule has 0 spiro atoms. The molecule has 8 heteroatoms. The van der Waals surface area contributed by atoms with Crippen LogP contribution in [0.25, 0.3) is 0 Å². The minimum Gasteiger partial charge on any atom is -0.378 e. The van der Waals surface area contributed by atoms with Crippen LogP contribution in [0.1, 0.15) is 13.3 Å². The molecule has 0 aliphatic carbocycles. The maximum atomic E-state index is 12.5. The lowest BCUT2D eigenvalue weighted by molar-refractivity contribution is 0.0392. The first-order chi connectivity index (χ1) is 9.05. The summed E-state index contributed by atoms with van der Waals surface area (Å²) in [5.74, 6) is 0.530. The van der Waals surface area contributed by atoms with Crippen molar-refractivity contribution in [2.45, 2.75) is 30.8 Å². The zero-order chi connectivity index (χ0) is 13.9. The fraction of sp³-hybridized carbons (Fsp3) is 0.727. The monoisotopic (exact) mass is 307 g/mol. The van der Waals surface area contributed by atoms with Crippen LogP contribution in [0.15, 0.2) is 17.3 Å². The summed E-state index contributed by atoms with van der Waals surface area (Å²) in [6, 6.07) is -0.148. The Hall–Kier alpha value is -0.630. The van der Waals surface area contributed by atoms with Crippen molar-refractivity contribution in [1.29, 1.82) is 0 Å². The number of hydrogen-bond acceptors (Lipinski definition) is 4. The molecule has 1 aliphatic heterocycles. The number of hydrogen-bond donors (Lipinski definition) is 0. The highest BCUT2D eigenvalue weighted by molar-refractivity contribution is 7.89. The van der Waals surface area contributed by atoms with Crippen molar-refractivity contribution in [3.63, 3.8) is 0 Å². The average molecular weight is 308 g/mol. The summed E-state index contributed by atoms with van der Waals surface area (Å²) in [6.45, 7) is 3.71. The predicted molar refractivity (Wildman–Crippen MR) is 71.7 cm³/mol. The van der Waals surface area contributed by atoms with Crippen LogP contribution in [-0.2, 0) is 21.3 Å². The van der Waals surface area contributed by atoms with Crippen LogP contribution in [0.5, 0.6) is 0 Å². The average Bonchev–Trinajstić information content (AvgIpc) is 2.86. The molecule has 0 radical (unpaired) electrons. The summed E-state index contributed by atoms with van der Waals surface area (Å²) >= 11 is 5.61. The molecule has 1 unspecified atom stereocenters. The lowest BCUT2D eigenvalue weighted by Crippen LogP contribution is -2.46. The minimum absolute atomic E-state index is 0.148. The molecular formula is C11H18ClN3O3S. The smallest absolute Gasteiger partial charge is 0.246 e. The largest absolute Gasteiger partial charge is 0.378 e. The van der Waals surface area contributed by atoms with Crippen molar-refractivity contribution >= 4 is 21.6 Å². The number of aryl methyl sites for hydroxylation is 1. The Morgan fingerprint density at radius 3 is 3.05 bits per heavy atom. The van der Waals surface area contributed by atoms with E-state index in [1.165, 1.54) is 10.5 Å². The van der Waals surface area contributed by atoms with Gasteiger partial charge in [-0.1, -0.05) is 0 Å². The molecule has 1 aliphatic rings. The number of nitrogens with zero attached hydrogens (tertiary/aromatic N) is 3. The molecule has 1 atom stereocenters. The molecular weight excluding hydrogens is 290 g/mol. The van der Waals surface area contributed by atoms with Crippen molar-refractivity contribution in [2.75, 3.05) is 25.6 Å². The number of ether oxygens (including phenoxy) is 1. The van der Waals surface area contributed by atoms with E-state index >= 15 is 0 Å². The topological polar surface area (TPSA) is 64.4 Å². The van der Waals surface area contributed by atoms with Gasteiger partial charge >= 0.3 is 0 Å². The van der Waals surface area contributed by atoms with E-state index < -0.39 is 10.0 Å². The molecule has 1 fully saturated rings. The first-order valence-corrected chi connectivity index (χ1v) is 8.21. The van der Waals surface area contributed by atoms with Crippen LogP contribution >= 0.6 is 11.6 Å². The number of aromatic nitrogens is 2. The summed E-state index contributed by atoms with van der Waals surface area (Å²) in [5.41, 5.74) is 0. The van der Waals surface area contributed by atoms with Crippen LogP contribution in [0.2, 0.25) is 0 Å². The van der Waals surface area contributed by atoms with Crippen LogP contribution in [0.4, 0.5) is 0 Å². The van der Waals surface area contributed by atoms with E-state index in [1.807, 2.05) is 6.92 Å². The van der Waals surface area contributed by atoms with Crippen LogP contribution < -0.4 is 0 Å². The molecule has 0 aromatic carbocycles. The van der Waals surface area contributed by atoms with Crippen molar-refractivity contribution in [3.8, 4) is 0 Å². The standard InChI is InChI=1S/C11H18ClN3O3S/c1-10-9-18-6-5-15(10)19(16,17)11-7-13-14(8-11)4-2-3-12/h7-8,10H,2-6,9H2,1H3. The van der Waals surface area contributed by atoms with Gasteiger partial charge in [-0.2, -0.15) is 9.40 Å². The molecule has 0 bridgehead atoms. The summed E-state index contributed by atoms with van der Waals surface area (Å²) in [4.78, 5) is 0.232. The van der Waals surface area contributed by atoms with E-state index in [1.54, 1.807) is 10.9 Å². The summed E-state index contributed by atoms with van der Waals surface area (Å²) < 4.78 is 33.3. The second kappa shape index (κ2) is 6.21. The van der Waals surface area contributed by atoms with Gasteiger partial charge in [-0.25, -0.2) is 8.42 Å². The summed E-state index contributed by atoms with van der Waals surface area (Å²) in [7, 11) is -3.48. The number of rotatable bonds is 5. The molecule has 6 nitrogen and oxygen atoms in total. The van der Waals surface area contributed by atoms with E-state index in [0.717, 1.165) is 6.42 Å². The van der Waals surface area contributed by atoms with E-state index in [0.29, 0.717) is 32.2 Å². The molecule has 0 saturated carbocycles. The second-order valence-electron chi connectivity index (χ2n) is 4.52. The molecule has 0 N–H and O–H groups in total. The molecule has 2 heterocycles. The molecule has 0 amide bonds. The zero-order valence-corrected chi connectivity index (χ0v) is 12.4. The minimum atomic E-state index is -3.48. The second-order valence-corrected chi connectivity index (χ2v) is 6.79. The molecule has 2 rings (SSSR count). The highest BCUT2D eigenvalue weighted by atomic mass is 35.5. The van der Waals surface area contributed by atoms with Gasteiger partial charge in [-0.3, -0.25) is 4.68 Å². The quantitative estimate of drug-likeness (QED) is 0.759. The summed E-state index contributed by atoms with van der Waals surface area (Å²) in [5, 5.41) is 4.06. The lowest BCUT2D eigenvalue weighted by atomic mass is 10.3. The van der Waals surface area contributed by atoms with Crippen molar-refractivity contribution in [1.82, 2.24) is 14.1 Å². The van der Waals surface area contributed by atoms with Gasteiger partial charge in [0.1, 0.15) is 4.90 Å². The van der Waals surface area contributed by atoms with Gasteiger partial charge in [0.15, 0.2) is 0 Å². The molecule has 1 saturated heterocycles. The van der Waals surface area contributed by atoms with E-state index in [2.05, 4.69) is 5.10 Å². The van der Waals surface area contributed by atoms with Crippen molar-refractivity contribution < 1.29 is 13.2 Å². The number of morpholine rings is 1. The molecule has 1 aromatic heterocycles. The van der Waals surface area contributed by atoms with Gasteiger partial charge in [0, 0.05) is 31.2 Å². The van der Waals surface area contributed by atoms with E-state index in [9.17, 15) is 8.42 Å². The van der Waals surface area contributed by atoms with Crippen LogP contribution in [0, 0.1) is 0 Å². The van der Waals surface area contributed by atoms with Crippen molar-refractivity contribution in [2.24, 2.45) is 0 Å². The van der Waals surface area contributed by atoms with Crippen LogP contribution in [-0.4, -0.2) is 54.2 Å². The Balaban J connectivity index is 2.16. The fourth-order valence-corrected chi connectivity index (χ4v) is 3.70. The van der Waals surface area contributed by atoms with E-state index in [4.69, 9.17) is 16.3 Å². The van der Waals surface area contributed by atoms with Gasteiger partial charge in [0.25, 0.3) is 0 Å². The third-order valence-electron chi connectivity index (χ3n) is 3.04. The van der Waals surface area contributed by atoms with Gasteiger partial charge < -0.3 is 4.74 Å². The van der Waals surface area contributed by atoms with E-state index in [-0.39, 0.29) is 10.9 Å². The molecule has 1 aromatic rings. The number of sulfonamides is 1. The Kier molecular flexibility index (Phi) is 4.83. The Bertz CT molecular complexity index is 517. The number of alkyl halides is 1.